The molecule has 0 radical (unpaired) electrons. The van der Waals surface area contributed by atoms with Crippen LogP contribution >= 0.6 is 0 Å². The fourth-order valence-electron chi connectivity index (χ4n) is 2.48. The molecule has 1 aliphatic heterocycles. The molecule has 2 aromatic rings. The van der Waals surface area contributed by atoms with Crippen LogP contribution in [0, 0.1) is 0 Å². The number of aryl methyl sites for hydroxylation is 1. The largest absolute Gasteiger partial charge is 0.487 e. The Morgan fingerprint density at radius 1 is 1.05 bits per heavy atom. The molecule has 0 spiro atoms. The molecule has 0 bridgehead atoms. The van der Waals surface area contributed by atoms with E-state index in [2.05, 4.69) is 41.7 Å². The van der Waals surface area contributed by atoms with Crippen molar-refractivity contribution in [2.24, 2.45) is 0 Å². The van der Waals surface area contributed by atoms with Gasteiger partial charge in [0.2, 0.25) is 0 Å². The van der Waals surface area contributed by atoms with Gasteiger partial charge in [-0.15, -0.1) is 0 Å². The van der Waals surface area contributed by atoms with Gasteiger partial charge in [0, 0.05) is 6.54 Å². The third-order valence-corrected chi connectivity index (χ3v) is 3.48. The molecular formula is C18H19NO. The first-order chi connectivity index (χ1) is 9.93. The van der Waals surface area contributed by atoms with Crippen LogP contribution in [0.1, 0.15) is 17.5 Å². The molecule has 20 heavy (non-hydrogen) atoms. The van der Waals surface area contributed by atoms with Gasteiger partial charge >= 0.3 is 0 Å². The topological polar surface area (TPSA) is 21.3 Å². The molecule has 3 rings (SSSR count). The van der Waals surface area contributed by atoms with Crippen molar-refractivity contribution in [1.29, 1.82) is 0 Å². The average Bonchev–Trinajstić information content (AvgIpc) is 2.53. The average molecular weight is 265 g/mol. The highest BCUT2D eigenvalue weighted by Gasteiger charge is 2.12. The zero-order valence-electron chi connectivity index (χ0n) is 11.5. The lowest BCUT2D eigenvalue weighted by molar-refractivity contribution is 0.364. The lowest BCUT2D eigenvalue weighted by atomic mass is 10.0. The van der Waals surface area contributed by atoms with Crippen LogP contribution in [-0.4, -0.2) is 13.2 Å². The summed E-state index contributed by atoms with van der Waals surface area (Å²) in [6.07, 6.45) is 6.48. The molecule has 1 N–H and O–H groups in total. The van der Waals surface area contributed by atoms with Crippen molar-refractivity contribution in [1.82, 2.24) is 0 Å². The van der Waals surface area contributed by atoms with E-state index in [1.165, 1.54) is 23.2 Å². The first-order valence-electron chi connectivity index (χ1n) is 7.13. The van der Waals surface area contributed by atoms with Crippen molar-refractivity contribution >= 4 is 11.8 Å². The van der Waals surface area contributed by atoms with Gasteiger partial charge in [0.25, 0.3) is 0 Å². The molecule has 0 fully saturated rings. The fraction of sp³-hybridized carbons (Fsp3) is 0.222. The summed E-state index contributed by atoms with van der Waals surface area (Å²) in [5, 5.41) is 3.44. The van der Waals surface area contributed by atoms with Crippen LogP contribution in [0.3, 0.4) is 0 Å². The minimum absolute atomic E-state index is 0.590. The van der Waals surface area contributed by atoms with Gasteiger partial charge in [-0.25, -0.2) is 0 Å². The molecular weight excluding hydrogens is 246 g/mol. The minimum Gasteiger partial charge on any atom is -0.487 e. The van der Waals surface area contributed by atoms with Gasteiger partial charge in [-0.1, -0.05) is 48.5 Å². The van der Waals surface area contributed by atoms with Crippen LogP contribution in [0.5, 0.6) is 5.75 Å². The minimum atomic E-state index is 0.590. The number of para-hydroxylation sites is 1. The molecule has 0 saturated heterocycles. The third-order valence-electron chi connectivity index (χ3n) is 3.48. The van der Waals surface area contributed by atoms with E-state index in [0.717, 1.165) is 18.7 Å². The second kappa shape index (κ2) is 6.29. The van der Waals surface area contributed by atoms with Gasteiger partial charge in [0.1, 0.15) is 12.4 Å². The second-order valence-electron chi connectivity index (χ2n) is 4.94. The summed E-state index contributed by atoms with van der Waals surface area (Å²) in [5.74, 6) is 0.958. The molecule has 1 aliphatic rings. The highest BCUT2D eigenvalue weighted by atomic mass is 16.5. The van der Waals surface area contributed by atoms with Gasteiger partial charge in [-0.3, -0.25) is 0 Å². The van der Waals surface area contributed by atoms with Crippen molar-refractivity contribution in [2.75, 3.05) is 18.5 Å². The van der Waals surface area contributed by atoms with Gasteiger partial charge < -0.3 is 10.1 Å². The smallest absolute Gasteiger partial charge is 0.143 e. The maximum Gasteiger partial charge on any atom is 0.143 e. The molecule has 1 heterocycles. The van der Waals surface area contributed by atoms with Gasteiger partial charge in [0.05, 0.1) is 5.69 Å². The van der Waals surface area contributed by atoms with Crippen molar-refractivity contribution in [3.63, 3.8) is 0 Å². The molecule has 0 aliphatic carbocycles. The van der Waals surface area contributed by atoms with Gasteiger partial charge in [-0.05, 0) is 36.1 Å². The predicted molar refractivity (Wildman–Crippen MR) is 84.2 cm³/mol. The summed E-state index contributed by atoms with van der Waals surface area (Å²) >= 11 is 0. The number of anilines is 1. The van der Waals surface area contributed by atoms with Crippen LogP contribution in [0.4, 0.5) is 5.69 Å². The Bertz CT molecular complexity index is 590. The Hall–Kier alpha value is -2.22. The van der Waals surface area contributed by atoms with Crippen LogP contribution in [0.2, 0.25) is 0 Å². The molecule has 2 aromatic carbocycles. The molecule has 0 amide bonds. The molecule has 0 aromatic heterocycles. The highest BCUT2D eigenvalue weighted by Crippen LogP contribution is 2.31. The predicted octanol–water partition coefficient (Wildman–Crippen LogP) is 4.14. The monoisotopic (exact) mass is 265 g/mol. The summed E-state index contributed by atoms with van der Waals surface area (Å²) in [5.41, 5.74) is 3.73. The Balaban J connectivity index is 1.63. The summed E-state index contributed by atoms with van der Waals surface area (Å²) in [6, 6.07) is 16.6. The van der Waals surface area contributed by atoms with E-state index < -0.39 is 0 Å². The SMILES string of the molecule is C(=C\c1ccccc1)/COc1cccc2c1NCCC2. The summed E-state index contributed by atoms with van der Waals surface area (Å²) in [4.78, 5) is 0. The molecule has 102 valence electrons. The maximum atomic E-state index is 5.88. The van der Waals surface area contributed by atoms with Gasteiger partial charge in [0.15, 0.2) is 0 Å². The molecule has 0 saturated carbocycles. The van der Waals surface area contributed by atoms with E-state index in [-0.39, 0.29) is 0 Å². The van der Waals surface area contributed by atoms with Gasteiger partial charge in [-0.2, -0.15) is 0 Å². The van der Waals surface area contributed by atoms with Crippen LogP contribution in [0.15, 0.2) is 54.6 Å². The Morgan fingerprint density at radius 2 is 1.95 bits per heavy atom. The molecule has 0 unspecified atom stereocenters. The zero-order chi connectivity index (χ0) is 13.6. The summed E-state index contributed by atoms with van der Waals surface area (Å²) < 4.78 is 5.88. The molecule has 2 nitrogen and oxygen atoms in total. The Morgan fingerprint density at radius 3 is 2.85 bits per heavy atom. The fourth-order valence-corrected chi connectivity index (χ4v) is 2.48. The number of rotatable bonds is 4. The van der Waals surface area contributed by atoms with Crippen molar-refractivity contribution in [3.8, 4) is 5.75 Å². The lowest BCUT2D eigenvalue weighted by Crippen LogP contribution is -2.13. The number of nitrogens with one attached hydrogen (secondary N) is 1. The number of hydrogen-bond acceptors (Lipinski definition) is 2. The van der Waals surface area contributed by atoms with Crippen molar-refractivity contribution in [3.05, 3.63) is 65.7 Å². The quantitative estimate of drug-likeness (QED) is 0.897. The van der Waals surface area contributed by atoms with Crippen molar-refractivity contribution < 1.29 is 4.74 Å². The van der Waals surface area contributed by atoms with Crippen molar-refractivity contribution in [2.45, 2.75) is 12.8 Å². The van der Waals surface area contributed by atoms with E-state index in [0.29, 0.717) is 6.61 Å². The molecule has 0 atom stereocenters. The summed E-state index contributed by atoms with van der Waals surface area (Å²) in [7, 11) is 0. The highest BCUT2D eigenvalue weighted by molar-refractivity contribution is 5.63. The Labute approximate surface area is 120 Å². The third kappa shape index (κ3) is 3.02. The number of benzene rings is 2. The van der Waals surface area contributed by atoms with Crippen LogP contribution < -0.4 is 10.1 Å². The zero-order valence-corrected chi connectivity index (χ0v) is 11.5. The first kappa shape index (κ1) is 12.8. The number of hydrogen-bond donors (Lipinski definition) is 1. The van der Waals surface area contributed by atoms with E-state index in [4.69, 9.17) is 4.74 Å². The summed E-state index contributed by atoms with van der Waals surface area (Å²) in [6.45, 7) is 1.63. The molecule has 2 heteroatoms. The Kier molecular flexibility index (Phi) is 4.02. The normalized spacial score (nSPS) is 13.8. The van der Waals surface area contributed by atoms with E-state index in [1.807, 2.05) is 24.3 Å². The first-order valence-corrected chi connectivity index (χ1v) is 7.13. The van der Waals surface area contributed by atoms with Crippen LogP contribution in [-0.2, 0) is 6.42 Å². The lowest BCUT2D eigenvalue weighted by Gasteiger charge is -2.20. The van der Waals surface area contributed by atoms with E-state index >= 15 is 0 Å². The van der Waals surface area contributed by atoms with Crippen LogP contribution in [0.25, 0.3) is 6.08 Å². The maximum absolute atomic E-state index is 5.88. The van der Waals surface area contributed by atoms with E-state index in [9.17, 15) is 0 Å². The second-order valence-corrected chi connectivity index (χ2v) is 4.94. The number of fused-ring (bicyclic) bond motifs is 1. The van der Waals surface area contributed by atoms with E-state index in [1.54, 1.807) is 0 Å². The standard InChI is InChI=1S/C18H19NO/c1-2-7-15(8-3-1)9-6-14-20-17-12-4-10-16-11-5-13-19-18(16)17/h1-4,6-10,12,19H,5,11,13-14H2/b9-6+. The number of ether oxygens (including phenoxy) is 1.